The normalized spacial score (nSPS) is 11.2. The van der Waals surface area contributed by atoms with E-state index in [1.807, 2.05) is 0 Å². The summed E-state index contributed by atoms with van der Waals surface area (Å²) in [4.78, 5) is 21.9. The molecule has 0 saturated carbocycles. The van der Waals surface area contributed by atoms with Gasteiger partial charge in [-0.3, -0.25) is 4.79 Å². The Kier molecular flexibility index (Phi) is 4.05. The van der Waals surface area contributed by atoms with Crippen LogP contribution >= 0.6 is 0 Å². The summed E-state index contributed by atoms with van der Waals surface area (Å²) in [5, 5.41) is 0. The summed E-state index contributed by atoms with van der Waals surface area (Å²) in [6, 6.07) is 2.03. The Morgan fingerprint density at radius 3 is 2.33 bits per heavy atom. The molecule has 0 bridgehead atoms. The molecule has 0 atom stereocenters. The van der Waals surface area contributed by atoms with Gasteiger partial charge in [0.05, 0.1) is 12.7 Å². The highest BCUT2D eigenvalue weighted by Crippen LogP contribution is 2.31. The highest BCUT2D eigenvalue weighted by molar-refractivity contribution is 6.34. The second-order valence-electron chi connectivity index (χ2n) is 3.40. The van der Waals surface area contributed by atoms with Crippen LogP contribution in [0, 0.1) is 5.82 Å². The van der Waals surface area contributed by atoms with Gasteiger partial charge in [0.25, 0.3) is 0 Å². The van der Waals surface area contributed by atoms with Crippen molar-refractivity contribution in [3.05, 3.63) is 35.1 Å². The lowest BCUT2D eigenvalue weighted by atomic mass is 10.1. The van der Waals surface area contributed by atoms with Gasteiger partial charge in [0.15, 0.2) is 0 Å². The van der Waals surface area contributed by atoms with Crippen LogP contribution < -0.4 is 0 Å². The van der Waals surface area contributed by atoms with Crippen LogP contribution in [0.3, 0.4) is 0 Å². The van der Waals surface area contributed by atoms with Gasteiger partial charge in [-0.05, 0) is 17.7 Å². The summed E-state index contributed by atoms with van der Waals surface area (Å²) < 4.78 is 54.0. The average molecular weight is 264 g/mol. The molecule has 0 heterocycles. The molecule has 0 unspecified atom stereocenters. The third-order valence-corrected chi connectivity index (χ3v) is 2.12. The van der Waals surface area contributed by atoms with E-state index < -0.39 is 35.7 Å². The van der Waals surface area contributed by atoms with E-state index in [1.54, 1.807) is 0 Å². The van der Waals surface area contributed by atoms with Gasteiger partial charge in [0.1, 0.15) is 5.82 Å². The van der Waals surface area contributed by atoms with Gasteiger partial charge >= 0.3 is 12.1 Å². The Morgan fingerprint density at radius 1 is 1.28 bits per heavy atom. The molecule has 1 rings (SSSR count). The van der Waals surface area contributed by atoms with Gasteiger partial charge in [0.2, 0.25) is 5.78 Å². The van der Waals surface area contributed by atoms with E-state index in [9.17, 15) is 27.2 Å². The van der Waals surface area contributed by atoms with Crippen LogP contribution in [0.4, 0.5) is 17.6 Å². The number of ether oxygens (including phenoxy) is 1. The Morgan fingerprint density at radius 2 is 1.89 bits per heavy atom. The summed E-state index contributed by atoms with van der Waals surface area (Å²) in [5.41, 5.74) is -1.45. The Hall–Kier alpha value is -1.92. The zero-order valence-electron chi connectivity index (χ0n) is 9.18. The number of carbonyl (C=O) groups is 2. The van der Waals surface area contributed by atoms with Gasteiger partial charge < -0.3 is 4.74 Å². The van der Waals surface area contributed by atoms with Crippen molar-refractivity contribution in [3.63, 3.8) is 0 Å². The molecule has 0 aromatic heterocycles. The van der Waals surface area contributed by atoms with Crippen LogP contribution in [-0.4, -0.2) is 18.9 Å². The molecule has 3 nitrogen and oxygen atoms in total. The molecular formula is C11H8F4O3. The predicted octanol–water partition coefficient (Wildman–Crippen LogP) is 2.13. The molecule has 0 aliphatic carbocycles. The number of hydrogen-bond acceptors (Lipinski definition) is 3. The summed E-state index contributed by atoms with van der Waals surface area (Å²) in [5.74, 6) is -3.58. The SMILES string of the molecule is COC(=O)C(=O)Cc1ccc(C(F)(F)F)c(F)c1. The first-order chi connectivity index (χ1) is 8.25. The fourth-order valence-corrected chi connectivity index (χ4v) is 1.27. The van der Waals surface area contributed by atoms with Crippen LogP contribution in [0.25, 0.3) is 0 Å². The maximum atomic E-state index is 13.1. The molecule has 0 N–H and O–H groups in total. The van der Waals surface area contributed by atoms with Crippen molar-refractivity contribution in [1.82, 2.24) is 0 Å². The molecule has 0 radical (unpaired) electrons. The van der Waals surface area contributed by atoms with Crippen molar-refractivity contribution in [3.8, 4) is 0 Å². The largest absolute Gasteiger partial charge is 0.463 e. The van der Waals surface area contributed by atoms with Crippen molar-refractivity contribution in [2.75, 3.05) is 7.11 Å². The minimum absolute atomic E-state index is 0.0316. The van der Waals surface area contributed by atoms with Crippen LogP contribution in [0.1, 0.15) is 11.1 Å². The lowest BCUT2D eigenvalue weighted by Crippen LogP contribution is -2.18. The van der Waals surface area contributed by atoms with Crippen molar-refractivity contribution < 1.29 is 31.9 Å². The molecule has 0 spiro atoms. The number of esters is 1. The number of carbonyl (C=O) groups excluding carboxylic acids is 2. The van der Waals surface area contributed by atoms with Crippen LogP contribution in [0.5, 0.6) is 0 Å². The summed E-state index contributed by atoms with van der Waals surface area (Å²) >= 11 is 0. The number of ketones is 1. The molecular weight excluding hydrogens is 256 g/mol. The Bertz CT molecular complexity index is 480. The lowest BCUT2D eigenvalue weighted by molar-refractivity contribution is -0.151. The Balaban J connectivity index is 2.92. The maximum Gasteiger partial charge on any atom is 0.419 e. The highest BCUT2D eigenvalue weighted by Gasteiger charge is 2.34. The van der Waals surface area contributed by atoms with Gasteiger partial charge in [-0.25, -0.2) is 9.18 Å². The zero-order valence-corrected chi connectivity index (χ0v) is 9.18. The molecule has 7 heteroatoms. The second kappa shape index (κ2) is 5.16. The topological polar surface area (TPSA) is 43.4 Å². The van der Waals surface area contributed by atoms with E-state index in [2.05, 4.69) is 4.74 Å². The minimum atomic E-state index is -4.80. The summed E-state index contributed by atoms with van der Waals surface area (Å²) in [6.07, 6.45) is -5.31. The smallest absolute Gasteiger partial charge is 0.419 e. The average Bonchev–Trinajstić information content (AvgIpc) is 2.26. The van der Waals surface area contributed by atoms with E-state index in [0.717, 1.165) is 13.2 Å². The first-order valence-corrected chi connectivity index (χ1v) is 4.72. The summed E-state index contributed by atoms with van der Waals surface area (Å²) in [7, 11) is 0.994. The van der Waals surface area contributed by atoms with E-state index in [-0.39, 0.29) is 5.56 Å². The predicted molar refractivity (Wildman–Crippen MR) is 52.1 cm³/mol. The molecule has 98 valence electrons. The fraction of sp³-hybridized carbons (Fsp3) is 0.273. The molecule has 1 aromatic carbocycles. The number of hydrogen-bond donors (Lipinski definition) is 0. The number of rotatable bonds is 3. The number of benzene rings is 1. The van der Waals surface area contributed by atoms with Gasteiger partial charge in [-0.1, -0.05) is 6.07 Å². The maximum absolute atomic E-state index is 13.1. The van der Waals surface area contributed by atoms with Gasteiger partial charge in [-0.2, -0.15) is 13.2 Å². The zero-order chi connectivity index (χ0) is 13.9. The van der Waals surface area contributed by atoms with E-state index in [4.69, 9.17) is 0 Å². The van der Waals surface area contributed by atoms with Crippen molar-refractivity contribution >= 4 is 11.8 Å². The number of alkyl halides is 3. The second-order valence-corrected chi connectivity index (χ2v) is 3.40. The molecule has 0 saturated heterocycles. The van der Waals surface area contributed by atoms with Crippen molar-refractivity contribution in [1.29, 1.82) is 0 Å². The third kappa shape index (κ3) is 3.28. The number of Topliss-reactive ketones (excluding diaryl/α,β-unsaturated/α-hetero) is 1. The highest BCUT2D eigenvalue weighted by atomic mass is 19.4. The minimum Gasteiger partial charge on any atom is -0.463 e. The van der Waals surface area contributed by atoms with Gasteiger partial charge in [-0.15, -0.1) is 0 Å². The van der Waals surface area contributed by atoms with Gasteiger partial charge in [0, 0.05) is 6.42 Å². The standard InChI is InChI=1S/C11H8F4O3/c1-18-10(17)9(16)5-6-2-3-7(8(12)4-6)11(13,14)15/h2-4H,5H2,1H3. The first-order valence-electron chi connectivity index (χ1n) is 4.72. The van der Waals surface area contributed by atoms with Crippen LogP contribution in [0.2, 0.25) is 0 Å². The molecule has 0 amide bonds. The molecule has 0 fully saturated rings. The van der Waals surface area contributed by atoms with Crippen LogP contribution in [0.15, 0.2) is 18.2 Å². The lowest BCUT2D eigenvalue weighted by Gasteiger charge is -2.08. The fourth-order valence-electron chi connectivity index (χ4n) is 1.27. The molecule has 0 aliphatic rings. The van der Waals surface area contributed by atoms with E-state index >= 15 is 0 Å². The molecule has 1 aromatic rings. The van der Waals surface area contributed by atoms with Crippen molar-refractivity contribution in [2.24, 2.45) is 0 Å². The molecule has 0 aliphatic heterocycles. The third-order valence-electron chi connectivity index (χ3n) is 2.12. The molecule has 18 heavy (non-hydrogen) atoms. The van der Waals surface area contributed by atoms with Crippen molar-refractivity contribution in [2.45, 2.75) is 12.6 Å². The number of methoxy groups -OCH3 is 1. The summed E-state index contributed by atoms with van der Waals surface area (Å²) in [6.45, 7) is 0. The monoisotopic (exact) mass is 264 g/mol. The Labute approximate surface area is 99.4 Å². The van der Waals surface area contributed by atoms with E-state index in [1.165, 1.54) is 0 Å². The quantitative estimate of drug-likeness (QED) is 0.477. The van der Waals surface area contributed by atoms with E-state index in [0.29, 0.717) is 12.1 Å². The van der Waals surface area contributed by atoms with Crippen LogP contribution in [-0.2, 0) is 26.9 Å². The number of halogens is 4. The first kappa shape index (κ1) is 14.1.